The number of nitrogens with zero attached hydrogens (tertiary/aromatic N) is 1. The van der Waals surface area contributed by atoms with Crippen LogP contribution in [0.2, 0.25) is 0 Å². The highest BCUT2D eigenvalue weighted by Gasteiger charge is 2.09. The Morgan fingerprint density at radius 1 is 1.20 bits per heavy atom. The maximum absolute atomic E-state index is 13.0. The van der Waals surface area contributed by atoms with Crippen molar-refractivity contribution in [3.63, 3.8) is 0 Å². The van der Waals surface area contributed by atoms with Crippen LogP contribution < -0.4 is 5.32 Å². The lowest BCUT2D eigenvalue weighted by Gasteiger charge is -2.02. The molecule has 1 heterocycles. The molecule has 100 valence electrons. The average Bonchev–Trinajstić information content (AvgIpc) is 2.82. The van der Waals surface area contributed by atoms with Crippen LogP contribution in [0.25, 0.3) is 22.2 Å². The van der Waals surface area contributed by atoms with Crippen molar-refractivity contribution < 1.29 is 9.18 Å². The number of rotatable bonds is 2. The first-order chi connectivity index (χ1) is 9.63. The molecule has 0 atom stereocenters. The van der Waals surface area contributed by atoms with E-state index in [9.17, 15) is 9.18 Å². The van der Waals surface area contributed by atoms with Gasteiger partial charge in [-0.3, -0.25) is 9.89 Å². The van der Waals surface area contributed by atoms with Crippen LogP contribution in [0.5, 0.6) is 0 Å². The lowest BCUT2D eigenvalue weighted by Crippen LogP contribution is -2.05. The Hall–Kier alpha value is -2.69. The van der Waals surface area contributed by atoms with Crippen LogP contribution in [0.4, 0.5) is 10.1 Å². The molecule has 1 amide bonds. The molecule has 2 aromatic carbocycles. The molecular formula is C15H12FN3O. The highest BCUT2D eigenvalue weighted by atomic mass is 19.1. The van der Waals surface area contributed by atoms with Gasteiger partial charge in [-0.2, -0.15) is 5.10 Å². The first-order valence-corrected chi connectivity index (χ1v) is 6.15. The van der Waals surface area contributed by atoms with E-state index >= 15 is 0 Å². The molecule has 4 nitrogen and oxygen atoms in total. The van der Waals surface area contributed by atoms with Gasteiger partial charge in [-0.25, -0.2) is 4.39 Å². The van der Waals surface area contributed by atoms with E-state index in [-0.39, 0.29) is 11.7 Å². The van der Waals surface area contributed by atoms with Crippen LogP contribution >= 0.6 is 0 Å². The van der Waals surface area contributed by atoms with Crippen LogP contribution in [-0.4, -0.2) is 16.1 Å². The van der Waals surface area contributed by atoms with Crippen LogP contribution in [0, 0.1) is 5.82 Å². The van der Waals surface area contributed by atoms with E-state index in [2.05, 4.69) is 15.5 Å². The largest absolute Gasteiger partial charge is 0.326 e. The van der Waals surface area contributed by atoms with E-state index in [1.807, 2.05) is 12.1 Å². The molecule has 0 aliphatic carbocycles. The minimum atomic E-state index is -0.285. The van der Waals surface area contributed by atoms with Crippen molar-refractivity contribution in [2.75, 3.05) is 5.32 Å². The van der Waals surface area contributed by atoms with Gasteiger partial charge in [0.15, 0.2) is 0 Å². The van der Waals surface area contributed by atoms with E-state index in [1.54, 1.807) is 18.2 Å². The molecule has 1 aromatic heterocycles. The van der Waals surface area contributed by atoms with Gasteiger partial charge in [0.1, 0.15) is 5.82 Å². The number of halogens is 1. The number of H-pyrrole nitrogens is 1. The Bertz CT molecular complexity index is 777. The van der Waals surface area contributed by atoms with E-state index in [1.165, 1.54) is 19.1 Å². The Labute approximate surface area is 114 Å². The molecule has 0 saturated carbocycles. The Morgan fingerprint density at radius 3 is 2.65 bits per heavy atom. The SMILES string of the molecule is CC(=O)Nc1ccc2[nH]nc(-c3ccc(F)cc3)c2c1. The maximum Gasteiger partial charge on any atom is 0.221 e. The molecule has 0 saturated heterocycles. The summed E-state index contributed by atoms with van der Waals surface area (Å²) in [4.78, 5) is 11.1. The second-order valence-electron chi connectivity index (χ2n) is 4.52. The molecule has 0 bridgehead atoms. The monoisotopic (exact) mass is 269 g/mol. The summed E-state index contributed by atoms with van der Waals surface area (Å²) in [6.07, 6.45) is 0. The van der Waals surface area contributed by atoms with E-state index in [0.717, 1.165) is 22.2 Å². The van der Waals surface area contributed by atoms with E-state index < -0.39 is 0 Å². The number of aromatic amines is 1. The Balaban J connectivity index is 2.11. The molecular weight excluding hydrogens is 257 g/mol. The highest BCUT2D eigenvalue weighted by Crippen LogP contribution is 2.28. The van der Waals surface area contributed by atoms with Crippen molar-refractivity contribution >= 4 is 22.5 Å². The third kappa shape index (κ3) is 2.25. The number of fused-ring (bicyclic) bond motifs is 1. The number of aromatic nitrogens is 2. The molecule has 0 aliphatic rings. The van der Waals surface area contributed by atoms with Crippen LogP contribution in [0.1, 0.15) is 6.92 Å². The number of amides is 1. The molecule has 20 heavy (non-hydrogen) atoms. The van der Waals surface area contributed by atoms with Gasteiger partial charge in [0, 0.05) is 23.6 Å². The summed E-state index contributed by atoms with van der Waals surface area (Å²) in [7, 11) is 0. The Kier molecular flexibility index (Phi) is 2.95. The van der Waals surface area contributed by atoms with Crippen LogP contribution in [0.15, 0.2) is 42.5 Å². The normalized spacial score (nSPS) is 10.7. The second-order valence-corrected chi connectivity index (χ2v) is 4.52. The number of carbonyl (C=O) groups excluding carboxylic acids is 1. The van der Waals surface area contributed by atoms with Crippen molar-refractivity contribution in [3.05, 3.63) is 48.3 Å². The number of hydrogen-bond donors (Lipinski definition) is 2. The molecule has 0 aliphatic heterocycles. The third-order valence-corrected chi connectivity index (χ3v) is 3.00. The second kappa shape index (κ2) is 4.77. The van der Waals surface area contributed by atoms with Crippen molar-refractivity contribution in [2.45, 2.75) is 6.92 Å². The first kappa shape index (κ1) is 12.3. The molecule has 2 N–H and O–H groups in total. The topological polar surface area (TPSA) is 57.8 Å². The van der Waals surface area contributed by atoms with E-state index in [4.69, 9.17) is 0 Å². The smallest absolute Gasteiger partial charge is 0.221 e. The molecule has 0 radical (unpaired) electrons. The summed E-state index contributed by atoms with van der Waals surface area (Å²) in [5.74, 6) is -0.413. The Morgan fingerprint density at radius 2 is 1.95 bits per heavy atom. The predicted octanol–water partition coefficient (Wildman–Crippen LogP) is 3.33. The lowest BCUT2D eigenvalue weighted by molar-refractivity contribution is -0.114. The van der Waals surface area contributed by atoms with Gasteiger partial charge in [0.25, 0.3) is 0 Å². The minimum Gasteiger partial charge on any atom is -0.326 e. The van der Waals surface area contributed by atoms with Crippen molar-refractivity contribution in [1.82, 2.24) is 10.2 Å². The highest BCUT2D eigenvalue weighted by molar-refractivity contribution is 5.97. The minimum absolute atomic E-state index is 0.129. The zero-order valence-corrected chi connectivity index (χ0v) is 10.8. The van der Waals surface area contributed by atoms with Gasteiger partial charge in [0.2, 0.25) is 5.91 Å². The van der Waals surface area contributed by atoms with Gasteiger partial charge in [-0.15, -0.1) is 0 Å². The van der Waals surface area contributed by atoms with Crippen LogP contribution in [0.3, 0.4) is 0 Å². The summed E-state index contributed by atoms with van der Waals surface area (Å²) < 4.78 is 13.0. The number of benzene rings is 2. The summed E-state index contributed by atoms with van der Waals surface area (Å²) in [6, 6.07) is 11.6. The lowest BCUT2D eigenvalue weighted by atomic mass is 10.1. The molecule has 0 fully saturated rings. The fraction of sp³-hybridized carbons (Fsp3) is 0.0667. The quantitative estimate of drug-likeness (QED) is 0.749. The third-order valence-electron chi connectivity index (χ3n) is 3.00. The first-order valence-electron chi connectivity index (χ1n) is 6.15. The molecule has 5 heteroatoms. The van der Waals surface area contributed by atoms with Crippen LogP contribution in [-0.2, 0) is 4.79 Å². The summed E-state index contributed by atoms with van der Waals surface area (Å²) in [6.45, 7) is 1.46. The van der Waals surface area contributed by atoms with Gasteiger partial charge < -0.3 is 5.32 Å². The molecule has 3 aromatic rings. The number of hydrogen-bond acceptors (Lipinski definition) is 2. The summed E-state index contributed by atoms with van der Waals surface area (Å²) in [5.41, 5.74) is 3.11. The number of carbonyl (C=O) groups is 1. The fourth-order valence-electron chi connectivity index (χ4n) is 2.12. The molecule has 0 spiro atoms. The molecule has 3 rings (SSSR count). The zero-order chi connectivity index (χ0) is 14.1. The summed E-state index contributed by atoms with van der Waals surface area (Å²) >= 11 is 0. The van der Waals surface area contributed by atoms with Crippen molar-refractivity contribution in [2.24, 2.45) is 0 Å². The van der Waals surface area contributed by atoms with Gasteiger partial charge >= 0.3 is 0 Å². The van der Waals surface area contributed by atoms with Gasteiger partial charge in [-0.1, -0.05) is 0 Å². The molecule has 0 unspecified atom stereocenters. The fourth-order valence-corrected chi connectivity index (χ4v) is 2.12. The number of anilines is 1. The van der Waals surface area contributed by atoms with Crippen molar-refractivity contribution in [3.8, 4) is 11.3 Å². The van der Waals surface area contributed by atoms with E-state index in [0.29, 0.717) is 5.69 Å². The maximum atomic E-state index is 13.0. The number of nitrogens with one attached hydrogen (secondary N) is 2. The zero-order valence-electron chi connectivity index (χ0n) is 10.8. The van der Waals surface area contributed by atoms with Crippen molar-refractivity contribution in [1.29, 1.82) is 0 Å². The summed E-state index contributed by atoms with van der Waals surface area (Å²) in [5, 5.41) is 10.8. The average molecular weight is 269 g/mol. The van der Waals surface area contributed by atoms with Gasteiger partial charge in [0.05, 0.1) is 11.2 Å². The standard InChI is InChI=1S/C15H12FN3O/c1-9(20)17-12-6-7-14-13(8-12)15(19-18-14)10-2-4-11(16)5-3-10/h2-8H,1H3,(H,17,20)(H,18,19). The van der Waals surface area contributed by atoms with Gasteiger partial charge in [-0.05, 0) is 42.5 Å². The predicted molar refractivity (Wildman–Crippen MR) is 75.8 cm³/mol.